The zero-order valence-corrected chi connectivity index (χ0v) is 14.6. The first-order chi connectivity index (χ1) is 11.3. The molecule has 6 nitrogen and oxygen atoms in total. The van der Waals surface area contributed by atoms with Gasteiger partial charge in [0.2, 0.25) is 15.9 Å². The molecule has 1 heterocycles. The van der Waals surface area contributed by atoms with Crippen LogP contribution in [0.2, 0.25) is 0 Å². The summed E-state index contributed by atoms with van der Waals surface area (Å²) in [6.07, 6.45) is 2.52. The van der Waals surface area contributed by atoms with E-state index in [9.17, 15) is 17.6 Å². The highest BCUT2D eigenvalue weighted by Crippen LogP contribution is 2.26. The van der Waals surface area contributed by atoms with E-state index in [1.54, 1.807) is 6.92 Å². The largest absolute Gasteiger partial charge is 0.354 e. The van der Waals surface area contributed by atoms with Gasteiger partial charge in [-0.3, -0.25) is 4.79 Å². The van der Waals surface area contributed by atoms with Gasteiger partial charge in [0.15, 0.2) is 0 Å². The molecule has 8 heteroatoms. The molecule has 0 aromatic heterocycles. The standard InChI is InChI=1S/C16H24FN3O3S/c1-12-8-13(17)10-15(9-12)24(22,23)20-7-3-2-4-14(20)11-19-16(21)5-6-18/h8-10,14H,2-7,11,18H2,1H3,(H,19,21). The fourth-order valence-corrected chi connectivity index (χ4v) is 4.74. The van der Waals surface area contributed by atoms with Gasteiger partial charge >= 0.3 is 0 Å². The Kier molecular flexibility index (Phi) is 6.31. The molecule has 1 saturated heterocycles. The van der Waals surface area contributed by atoms with Crippen LogP contribution in [0.4, 0.5) is 4.39 Å². The van der Waals surface area contributed by atoms with Crippen molar-refractivity contribution >= 4 is 15.9 Å². The van der Waals surface area contributed by atoms with E-state index in [2.05, 4.69) is 5.32 Å². The Balaban J connectivity index is 2.20. The molecule has 134 valence electrons. The van der Waals surface area contributed by atoms with Gasteiger partial charge in [-0.1, -0.05) is 6.42 Å². The van der Waals surface area contributed by atoms with E-state index < -0.39 is 15.8 Å². The molecule has 2 rings (SSSR count). The predicted octanol–water partition coefficient (Wildman–Crippen LogP) is 1.14. The number of nitrogens with two attached hydrogens (primary N) is 1. The number of piperidine rings is 1. The highest BCUT2D eigenvalue weighted by Gasteiger charge is 2.33. The molecule has 1 unspecified atom stereocenters. The number of carbonyl (C=O) groups excluding carboxylic acids is 1. The second kappa shape index (κ2) is 8.04. The molecule has 1 aliphatic rings. The first-order valence-corrected chi connectivity index (χ1v) is 9.54. The number of halogens is 1. The average molecular weight is 357 g/mol. The lowest BCUT2D eigenvalue weighted by Gasteiger charge is -2.34. The van der Waals surface area contributed by atoms with E-state index in [1.807, 2.05) is 0 Å². The van der Waals surface area contributed by atoms with Crippen LogP contribution in [-0.2, 0) is 14.8 Å². The van der Waals surface area contributed by atoms with Crippen LogP contribution in [0.3, 0.4) is 0 Å². The third-order valence-corrected chi connectivity index (χ3v) is 6.03. The number of hydrogen-bond acceptors (Lipinski definition) is 4. The highest BCUT2D eigenvalue weighted by molar-refractivity contribution is 7.89. The van der Waals surface area contributed by atoms with E-state index in [0.29, 0.717) is 18.5 Å². The molecule has 1 aromatic rings. The lowest BCUT2D eigenvalue weighted by atomic mass is 10.1. The molecule has 0 aliphatic carbocycles. The van der Waals surface area contributed by atoms with Crippen molar-refractivity contribution in [2.45, 2.75) is 43.5 Å². The smallest absolute Gasteiger partial charge is 0.243 e. The van der Waals surface area contributed by atoms with Crippen LogP contribution in [0.5, 0.6) is 0 Å². The van der Waals surface area contributed by atoms with Gasteiger partial charge < -0.3 is 11.1 Å². The van der Waals surface area contributed by atoms with Crippen molar-refractivity contribution in [2.24, 2.45) is 5.73 Å². The molecular weight excluding hydrogens is 333 g/mol. The van der Waals surface area contributed by atoms with E-state index in [0.717, 1.165) is 18.9 Å². The van der Waals surface area contributed by atoms with Crippen LogP contribution in [0.25, 0.3) is 0 Å². The molecule has 24 heavy (non-hydrogen) atoms. The van der Waals surface area contributed by atoms with Gasteiger partial charge in [0.05, 0.1) is 4.90 Å². The first kappa shape index (κ1) is 18.8. The topological polar surface area (TPSA) is 92.5 Å². The first-order valence-electron chi connectivity index (χ1n) is 8.10. The van der Waals surface area contributed by atoms with Crippen molar-refractivity contribution in [2.75, 3.05) is 19.6 Å². The summed E-state index contributed by atoms with van der Waals surface area (Å²) in [6, 6.07) is 3.48. The molecule has 0 spiro atoms. The molecule has 1 aliphatic heterocycles. The van der Waals surface area contributed by atoms with Crippen molar-refractivity contribution < 1.29 is 17.6 Å². The third-order valence-electron chi connectivity index (χ3n) is 4.10. The molecule has 0 bridgehead atoms. The van der Waals surface area contributed by atoms with Crippen molar-refractivity contribution in [3.05, 3.63) is 29.6 Å². The van der Waals surface area contributed by atoms with Crippen LogP contribution in [0.1, 0.15) is 31.2 Å². The van der Waals surface area contributed by atoms with Crippen LogP contribution in [0, 0.1) is 12.7 Å². The lowest BCUT2D eigenvalue weighted by Crippen LogP contribution is -2.49. The summed E-state index contributed by atoms with van der Waals surface area (Å²) < 4.78 is 40.8. The summed E-state index contributed by atoms with van der Waals surface area (Å²) in [4.78, 5) is 11.6. The van der Waals surface area contributed by atoms with Crippen molar-refractivity contribution in [3.8, 4) is 0 Å². The van der Waals surface area contributed by atoms with E-state index in [4.69, 9.17) is 5.73 Å². The molecular formula is C16H24FN3O3S. The fourth-order valence-electron chi connectivity index (χ4n) is 2.93. The van der Waals surface area contributed by atoms with Gasteiger partial charge in [0.1, 0.15) is 5.82 Å². The van der Waals surface area contributed by atoms with Crippen LogP contribution in [-0.4, -0.2) is 44.3 Å². The average Bonchev–Trinajstić information content (AvgIpc) is 2.52. The molecule has 3 N–H and O–H groups in total. The zero-order valence-electron chi connectivity index (χ0n) is 13.8. The molecule has 1 atom stereocenters. The van der Waals surface area contributed by atoms with Crippen molar-refractivity contribution in [1.29, 1.82) is 0 Å². The summed E-state index contributed by atoms with van der Waals surface area (Å²) in [7, 11) is -3.80. The summed E-state index contributed by atoms with van der Waals surface area (Å²) in [5.74, 6) is -0.764. The van der Waals surface area contributed by atoms with E-state index >= 15 is 0 Å². The SMILES string of the molecule is Cc1cc(F)cc(S(=O)(=O)N2CCCCC2CNC(=O)CCN)c1. The third kappa shape index (κ3) is 4.52. The predicted molar refractivity (Wildman–Crippen MR) is 89.3 cm³/mol. The van der Waals surface area contributed by atoms with Crippen LogP contribution < -0.4 is 11.1 Å². The monoisotopic (exact) mass is 357 g/mol. The number of rotatable bonds is 6. The maximum Gasteiger partial charge on any atom is 0.243 e. The minimum atomic E-state index is -3.80. The second-order valence-electron chi connectivity index (χ2n) is 6.07. The molecule has 1 fully saturated rings. The maximum absolute atomic E-state index is 13.6. The fraction of sp³-hybridized carbons (Fsp3) is 0.562. The van der Waals surface area contributed by atoms with Crippen LogP contribution >= 0.6 is 0 Å². The van der Waals surface area contributed by atoms with E-state index in [1.165, 1.54) is 16.4 Å². The number of nitrogens with one attached hydrogen (secondary N) is 1. The Labute approximate surface area is 142 Å². The number of hydrogen-bond donors (Lipinski definition) is 2. The number of amides is 1. The Bertz CT molecular complexity index is 674. The number of nitrogens with zero attached hydrogens (tertiary/aromatic N) is 1. The lowest BCUT2D eigenvalue weighted by molar-refractivity contribution is -0.121. The highest BCUT2D eigenvalue weighted by atomic mass is 32.2. The molecule has 0 radical (unpaired) electrons. The Morgan fingerprint density at radius 2 is 2.12 bits per heavy atom. The zero-order chi connectivity index (χ0) is 17.7. The van der Waals surface area contributed by atoms with Gasteiger partial charge in [-0.05, 0) is 43.5 Å². The molecule has 1 amide bonds. The van der Waals surface area contributed by atoms with E-state index in [-0.39, 0.29) is 36.4 Å². The van der Waals surface area contributed by atoms with Gasteiger partial charge in [-0.25, -0.2) is 12.8 Å². The normalized spacial score (nSPS) is 19.2. The number of carbonyl (C=O) groups is 1. The Morgan fingerprint density at radius 1 is 1.38 bits per heavy atom. The van der Waals surface area contributed by atoms with Gasteiger partial charge in [-0.15, -0.1) is 0 Å². The minimum Gasteiger partial charge on any atom is -0.354 e. The molecule has 1 aromatic carbocycles. The summed E-state index contributed by atoms with van der Waals surface area (Å²) in [5, 5.41) is 2.73. The Morgan fingerprint density at radius 3 is 2.79 bits per heavy atom. The van der Waals surface area contributed by atoms with Gasteiger partial charge in [-0.2, -0.15) is 4.31 Å². The summed E-state index contributed by atoms with van der Waals surface area (Å²) >= 11 is 0. The Hall–Kier alpha value is -1.51. The minimum absolute atomic E-state index is 0.0415. The van der Waals surface area contributed by atoms with Crippen LogP contribution in [0.15, 0.2) is 23.1 Å². The summed E-state index contributed by atoms with van der Waals surface area (Å²) in [6.45, 7) is 2.52. The molecule has 0 saturated carbocycles. The number of sulfonamides is 1. The maximum atomic E-state index is 13.6. The summed E-state index contributed by atoms with van der Waals surface area (Å²) in [5.41, 5.74) is 5.89. The van der Waals surface area contributed by atoms with Gasteiger partial charge in [0, 0.05) is 32.1 Å². The quantitative estimate of drug-likeness (QED) is 0.799. The van der Waals surface area contributed by atoms with Gasteiger partial charge in [0.25, 0.3) is 0 Å². The van der Waals surface area contributed by atoms with Crippen molar-refractivity contribution in [1.82, 2.24) is 9.62 Å². The number of benzene rings is 1. The number of aryl methyl sites for hydroxylation is 1. The van der Waals surface area contributed by atoms with Crippen molar-refractivity contribution in [3.63, 3.8) is 0 Å². The second-order valence-corrected chi connectivity index (χ2v) is 7.96.